The number of aliphatic hydroxyl groups is 1. The number of urea groups is 1. The number of hydrogen-bond donors (Lipinski definition) is 2. The Labute approximate surface area is 129 Å². The SMILES string of the molecule is C=CCN(CCO)C(=O)Nc1cccc(-c2ncc(C)o2)c1. The fourth-order valence-corrected chi connectivity index (χ4v) is 1.97. The molecule has 0 aliphatic carbocycles. The highest BCUT2D eigenvalue weighted by Crippen LogP contribution is 2.22. The number of aryl methyl sites for hydroxylation is 1. The molecular formula is C16H19N3O3. The molecule has 6 nitrogen and oxygen atoms in total. The zero-order chi connectivity index (χ0) is 15.9. The predicted molar refractivity (Wildman–Crippen MR) is 84.6 cm³/mol. The van der Waals surface area contributed by atoms with Crippen LogP contribution in [0, 0.1) is 6.92 Å². The minimum absolute atomic E-state index is 0.100. The molecule has 2 amide bonds. The zero-order valence-corrected chi connectivity index (χ0v) is 12.5. The van der Waals surface area contributed by atoms with E-state index in [2.05, 4.69) is 16.9 Å². The van der Waals surface area contributed by atoms with Crippen molar-refractivity contribution in [2.45, 2.75) is 6.92 Å². The van der Waals surface area contributed by atoms with Gasteiger partial charge in [0.05, 0.1) is 12.8 Å². The lowest BCUT2D eigenvalue weighted by molar-refractivity contribution is 0.195. The number of aliphatic hydroxyl groups excluding tert-OH is 1. The second-order valence-electron chi connectivity index (χ2n) is 4.75. The van der Waals surface area contributed by atoms with Crippen molar-refractivity contribution in [3.63, 3.8) is 0 Å². The minimum atomic E-state index is -0.297. The highest BCUT2D eigenvalue weighted by Gasteiger charge is 2.12. The molecule has 0 radical (unpaired) electrons. The number of benzene rings is 1. The first-order chi connectivity index (χ1) is 10.6. The van der Waals surface area contributed by atoms with Crippen molar-refractivity contribution < 1.29 is 14.3 Å². The molecule has 0 aliphatic heterocycles. The third-order valence-corrected chi connectivity index (χ3v) is 2.99. The van der Waals surface area contributed by atoms with Crippen molar-refractivity contribution in [1.82, 2.24) is 9.88 Å². The number of hydrogen-bond acceptors (Lipinski definition) is 4. The molecule has 0 atom stereocenters. The minimum Gasteiger partial charge on any atom is -0.441 e. The number of carbonyl (C=O) groups is 1. The van der Waals surface area contributed by atoms with E-state index in [1.54, 1.807) is 24.4 Å². The maximum atomic E-state index is 12.2. The van der Waals surface area contributed by atoms with Gasteiger partial charge in [-0.05, 0) is 25.1 Å². The van der Waals surface area contributed by atoms with E-state index < -0.39 is 0 Å². The van der Waals surface area contributed by atoms with Gasteiger partial charge in [0.25, 0.3) is 0 Å². The predicted octanol–water partition coefficient (Wildman–Crippen LogP) is 2.66. The van der Waals surface area contributed by atoms with Gasteiger partial charge in [0.1, 0.15) is 5.76 Å². The monoisotopic (exact) mass is 301 g/mol. The summed E-state index contributed by atoms with van der Waals surface area (Å²) >= 11 is 0. The Morgan fingerprint density at radius 3 is 3.00 bits per heavy atom. The van der Waals surface area contributed by atoms with Crippen LogP contribution in [0.3, 0.4) is 0 Å². The van der Waals surface area contributed by atoms with E-state index in [4.69, 9.17) is 9.52 Å². The Morgan fingerprint density at radius 1 is 1.55 bits per heavy atom. The van der Waals surface area contributed by atoms with Crippen LogP contribution >= 0.6 is 0 Å². The number of oxazole rings is 1. The molecule has 0 fully saturated rings. The van der Waals surface area contributed by atoms with Gasteiger partial charge in [-0.3, -0.25) is 0 Å². The maximum Gasteiger partial charge on any atom is 0.322 e. The van der Waals surface area contributed by atoms with Crippen LogP contribution in [0.15, 0.2) is 47.5 Å². The Bertz CT molecular complexity index is 652. The topological polar surface area (TPSA) is 78.6 Å². The summed E-state index contributed by atoms with van der Waals surface area (Å²) < 4.78 is 5.47. The average molecular weight is 301 g/mol. The molecule has 116 valence electrons. The van der Waals surface area contributed by atoms with Gasteiger partial charge >= 0.3 is 6.03 Å². The Kier molecular flexibility index (Phi) is 5.32. The number of anilines is 1. The molecule has 0 aliphatic rings. The van der Waals surface area contributed by atoms with Crippen LogP contribution in [0.25, 0.3) is 11.5 Å². The molecule has 0 bridgehead atoms. The highest BCUT2D eigenvalue weighted by molar-refractivity contribution is 5.90. The fourth-order valence-electron chi connectivity index (χ4n) is 1.97. The lowest BCUT2D eigenvalue weighted by Gasteiger charge is -2.20. The molecule has 22 heavy (non-hydrogen) atoms. The van der Waals surface area contributed by atoms with Gasteiger partial charge in [0, 0.05) is 24.3 Å². The number of amides is 2. The molecule has 1 aromatic carbocycles. The molecule has 0 spiro atoms. The number of rotatable bonds is 6. The van der Waals surface area contributed by atoms with Crippen molar-refractivity contribution >= 4 is 11.7 Å². The van der Waals surface area contributed by atoms with Crippen LogP contribution in [0.4, 0.5) is 10.5 Å². The number of nitrogens with zero attached hydrogens (tertiary/aromatic N) is 2. The van der Waals surface area contributed by atoms with Gasteiger partial charge in [0.15, 0.2) is 0 Å². The van der Waals surface area contributed by atoms with E-state index in [0.717, 1.165) is 11.3 Å². The van der Waals surface area contributed by atoms with Crippen LogP contribution in [0.5, 0.6) is 0 Å². The zero-order valence-electron chi connectivity index (χ0n) is 12.5. The van der Waals surface area contributed by atoms with Crippen molar-refractivity contribution in [2.75, 3.05) is 25.0 Å². The molecule has 2 aromatic rings. The van der Waals surface area contributed by atoms with Gasteiger partial charge in [-0.15, -0.1) is 6.58 Å². The third-order valence-electron chi connectivity index (χ3n) is 2.99. The summed E-state index contributed by atoms with van der Waals surface area (Å²) in [5.41, 5.74) is 1.41. The summed E-state index contributed by atoms with van der Waals surface area (Å²) in [6.07, 6.45) is 3.26. The van der Waals surface area contributed by atoms with Gasteiger partial charge in [-0.2, -0.15) is 0 Å². The molecule has 2 N–H and O–H groups in total. The quantitative estimate of drug-likeness (QED) is 0.804. The van der Waals surface area contributed by atoms with Crippen molar-refractivity contribution in [3.05, 3.63) is 48.9 Å². The lowest BCUT2D eigenvalue weighted by Crippen LogP contribution is -2.37. The van der Waals surface area contributed by atoms with Crippen molar-refractivity contribution in [2.24, 2.45) is 0 Å². The van der Waals surface area contributed by atoms with Gasteiger partial charge in [0.2, 0.25) is 5.89 Å². The van der Waals surface area contributed by atoms with E-state index in [1.165, 1.54) is 4.90 Å². The standard InChI is InChI=1S/C16H19N3O3/c1-3-7-19(8-9-20)16(21)18-14-6-4-5-13(10-14)15-17-11-12(2)22-15/h3-6,10-11,20H,1,7-9H2,2H3,(H,18,21). The Morgan fingerprint density at radius 2 is 2.36 bits per heavy atom. The molecule has 0 saturated heterocycles. The second-order valence-corrected chi connectivity index (χ2v) is 4.75. The van der Waals surface area contributed by atoms with Crippen molar-refractivity contribution in [1.29, 1.82) is 0 Å². The third kappa shape index (κ3) is 3.95. The molecule has 2 rings (SSSR count). The Hall–Kier alpha value is -2.60. The molecule has 0 saturated carbocycles. The highest BCUT2D eigenvalue weighted by atomic mass is 16.4. The van der Waals surface area contributed by atoms with Crippen LogP contribution < -0.4 is 5.32 Å². The van der Waals surface area contributed by atoms with Crippen molar-refractivity contribution in [3.8, 4) is 11.5 Å². The molecular weight excluding hydrogens is 282 g/mol. The lowest BCUT2D eigenvalue weighted by atomic mass is 10.2. The largest absolute Gasteiger partial charge is 0.441 e. The molecule has 0 unspecified atom stereocenters. The summed E-state index contributed by atoms with van der Waals surface area (Å²) in [5, 5.41) is 11.8. The summed E-state index contributed by atoms with van der Waals surface area (Å²) in [6, 6.07) is 6.94. The normalized spacial score (nSPS) is 10.3. The van der Waals surface area contributed by atoms with Gasteiger partial charge < -0.3 is 19.7 Å². The molecule has 6 heteroatoms. The summed E-state index contributed by atoms with van der Waals surface area (Å²) in [7, 11) is 0. The van der Waals surface area contributed by atoms with E-state index in [0.29, 0.717) is 18.1 Å². The Balaban J connectivity index is 2.12. The summed E-state index contributed by atoms with van der Waals surface area (Å²) in [5.74, 6) is 1.23. The van der Waals surface area contributed by atoms with Crippen LogP contribution in [-0.4, -0.2) is 40.7 Å². The smallest absolute Gasteiger partial charge is 0.322 e. The number of carbonyl (C=O) groups excluding carboxylic acids is 1. The first-order valence-electron chi connectivity index (χ1n) is 6.94. The van der Waals surface area contributed by atoms with E-state index >= 15 is 0 Å². The first-order valence-corrected chi connectivity index (χ1v) is 6.94. The van der Waals surface area contributed by atoms with Crippen LogP contribution in [0.1, 0.15) is 5.76 Å². The summed E-state index contributed by atoms with van der Waals surface area (Å²) in [4.78, 5) is 17.8. The fraction of sp³-hybridized carbons (Fsp3) is 0.250. The van der Waals surface area contributed by atoms with Gasteiger partial charge in [-0.25, -0.2) is 9.78 Å². The van der Waals surface area contributed by atoms with Crippen LogP contribution in [-0.2, 0) is 0 Å². The van der Waals surface area contributed by atoms with E-state index in [9.17, 15) is 4.79 Å². The maximum absolute atomic E-state index is 12.2. The first kappa shape index (κ1) is 15.8. The van der Waals surface area contributed by atoms with E-state index in [-0.39, 0.29) is 19.2 Å². The van der Waals surface area contributed by atoms with Gasteiger partial charge in [-0.1, -0.05) is 12.1 Å². The number of nitrogens with one attached hydrogen (secondary N) is 1. The van der Waals surface area contributed by atoms with E-state index in [1.807, 2.05) is 19.1 Å². The second kappa shape index (κ2) is 7.42. The average Bonchev–Trinajstić information content (AvgIpc) is 2.94. The molecule has 1 heterocycles. The van der Waals surface area contributed by atoms with Crippen LogP contribution in [0.2, 0.25) is 0 Å². The molecule has 1 aromatic heterocycles. The number of aromatic nitrogens is 1. The summed E-state index contributed by atoms with van der Waals surface area (Å²) in [6.45, 7) is 5.94.